The fourth-order valence-corrected chi connectivity index (χ4v) is 5.36. The van der Waals surface area contributed by atoms with Crippen LogP contribution in [-0.2, 0) is 9.47 Å². The highest BCUT2D eigenvalue weighted by Gasteiger charge is 2.39. The van der Waals surface area contributed by atoms with E-state index in [1.807, 2.05) is 4.90 Å². The zero-order valence-electron chi connectivity index (χ0n) is 19.3. The molecule has 1 amide bonds. The molecule has 4 nitrogen and oxygen atoms in total. The Balaban J connectivity index is 1.29. The molecule has 2 aliphatic heterocycles. The first-order chi connectivity index (χ1) is 15.4. The minimum absolute atomic E-state index is 0.0203. The second-order valence-electron chi connectivity index (χ2n) is 10.6. The van der Waals surface area contributed by atoms with Crippen molar-refractivity contribution >= 4 is 6.09 Å². The Bertz CT molecular complexity index is 989. The molecule has 3 aliphatic rings. The number of carbonyl (C=O) groups excluding carboxylic acids is 1. The summed E-state index contributed by atoms with van der Waals surface area (Å²) in [7, 11) is 0. The van der Waals surface area contributed by atoms with Crippen LogP contribution in [0.3, 0.4) is 0 Å². The number of hydrogen-bond donors (Lipinski definition) is 0. The van der Waals surface area contributed by atoms with E-state index < -0.39 is 0 Å². The minimum atomic E-state index is -0.212. The van der Waals surface area contributed by atoms with Crippen molar-refractivity contribution in [2.75, 3.05) is 19.8 Å². The van der Waals surface area contributed by atoms with Gasteiger partial charge in [-0.05, 0) is 46.9 Å². The molecular weight excluding hydrogens is 398 g/mol. The molecular formula is C28H33NO3. The number of nitrogens with zero attached hydrogens (tertiary/aromatic N) is 1. The maximum absolute atomic E-state index is 13.2. The summed E-state index contributed by atoms with van der Waals surface area (Å²) in [6.45, 7) is 8.35. The molecule has 32 heavy (non-hydrogen) atoms. The van der Waals surface area contributed by atoms with E-state index in [2.05, 4.69) is 75.4 Å². The second-order valence-corrected chi connectivity index (χ2v) is 10.6. The Labute approximate surface area is 191 Å². The van der Waals surface area contributed by atoms with Gasteiger partial charge in [0, 0.05) is 5.92 Å². The molecule has 5 rings (SSSR count). The van der Waals surface area contributed by atoms with Crippen LogP contribution in [-0.4, -0.2) is 42.9 Å². The molecule has 0 radical (unpaired) electrons. The molecule has 2 aromatic carbocycles. The molecule has 0 spiro atoms. The largest absolute Gasteiger partial charge is 0.448 e. The van der Waals surface area contributed by atoms with Crippen molar-refractivity contribution in [3.63, 3.8) is 0 Å². The van der Waals surface area contributed by atoms with Crippen LogP contribution >= 0.6 is 0 Å². The Morgan fingerprint density at radius 3 is 2.31 bits per heavy atom. The van der Waals surface area contributed by atoms with Gasteiger partial charge in [0.15, 0.2) is 0 Å². The standard InChI is InChI=1S/C28H33NO3/c1-28(2,3)13-12-19-14-20-16-31-17-21(15-19)29(20)27(30)32-18-26-24-10-6-4-8-22(24)23-9-5-7-11-25(23)26/h4-11,14,20-21,26H,12-13,15-18H2,1-3H3. The maximum atomic E-state index is 13.2. The number of carbonyl (C=O) groups is 1. The molecule has 2 unspecified atom stereocenters. The van der Waals surface area contributed by atoms with Gasteiger partial charge in [-0.2, -0.15) is 0 Å². The van der Waals surface area contributed by atoms with Crippen LogP contribution in [0, 0.1) is 5.41 Å². The van der Waals surface area contributed by atoms with Gasteiger partial charge in [-0.3, -0.25) is 4.90 Å². The number of amides is 1. The van der Waals surface area contributed by atoms with Crippen molar-refractivity contribution in [2.45, 2.75) is 58.0 Å². The molecule has 0 aromatic heterocycles. The quantitative estimate of drug-likeness (QED) is 0.544. The summed E-state index contributed by atoms with van der Waals surface area (Å²) in [5, 5.41) is 0. The summed E-state index contributed by atoms with van der Waals surface area (Å²) in [5.74, 6) is 0.0881. The van der Waals surface area contributed by atoms with Crippen molar-refractivity contribution in [1.29, 1.82) is 0 Å². The summed E-state index contributed by atoms with van der Waals surface area (Å²) < 4.78 is 11.8. The summed E-state index contributed by atoms with van der Waals surface area (Å²) >= 11 is 0. The molecule has 1 saturated heterocycles. The molecule has 0 N–H and O–H groups in total. The fraction of sp³-hybridized carbons (Fsp3) is 0.464. The zero-order valence-corrected chi connectivity index (χ0v) is 19.3. The number of hydrogen-bond acceptors (Lipinski definition) is 3. The SMILES string of the molecule is CC(C)(C)CCC1=CC2COCC(C1)N2C(=O)OCC1c2ccccc2-c2ccccc21. The van der Waals surface area contributed by atoms with Crippen LogP contribution in [0.2, 0.25) is 0 Å². The highest BCUT2D eigenvalue weighted by molar-refractivity contribution is 5.79. The van der Waals surface area contributed by atoms with E-state index in [0.29, 0.717) is 25.2 Å². The lowest BCUT2D eigenvalue weighted by molar-refractivity contribution is -0.0366. The highest BCUT2D eigenvalue weighted by Crippen LogP contribution is 2.44. The van der Waals surface area contributed by atoms with Crippen molar-refractivity contribution < 1.29 is 14.3 Å². The number of rotatable bonds is 4. The summed E-state index contributed by atoms with van der Waals surface area (Å²) in [6, 6.07) is 17.0. The van der Waals surface area contributed by atoms with E-state index in [1.165, 1.54) is 27.8 Å². The Hall–Kier alpha value is -2.59. The van der Waals surface area contributed by atoms with Crippen LogP contribution in [0.25, 0.3) is 11.1 Å². The van der Waals surface area contributed by atoms with Crippen molar-refractivity contribution in [1.82, 2.24) is 4.90 Å². The van der Waals surface area contributed by atoms with Crippen molar-refractivity contribution in [3.8, 4) is 11.1 Å². The molecule has 2 atom stereocenters. The van der Waals surface area contributed by atoms with Gasteiger partial charge in [0.25, 0.3) is 0 Å². The Morgan fingerprint density at radius 2 is 1.69 bits per heavy atom. The van der Waals surface area contributed by atoms with Crippen LogP contribution in [0.4, 0.5) is 4.79 Å². The van der Waals surface area contributed by atoms with Crippen LogP contribution < -0.4 is 0 Å². The van der Waals surface area contributed by atoms with Gasteiger partial charge in [0.1, 0.15) is 6.61 Å². The number of ether oxygens (including phenoxy) is 2. The number of morpholine rings is 1. The van der Waals surface area contributed by atoms with Crippen LogP contribution in [0.5, 0.6) is 0 Å². The zero-order chi connectivity index (χ0) is 22.3. The number of benzene rings is 2. The molecule has 1 aliphatic carbocycles. The smallest absolute Gasteiger partial charge is 0.410 e. The minimum Gasteiger partial charge on any atom is -0.448 e. The molecule has 168 valence electrons. The van der Waals surface area contributed by atoms with Crippen LogP contribution in [0.1, 0.15) is 57.1 Å². The first-order valence-electron chi connectivity index (χ1n) is 11.8. The average molecular weight is 432 g/mol. The lowest BCUT2D eigenvalue weighted by atomic mass is 9.85. The van der Waals surface area contributed by atoms with Gasteiger partial charge in [-0.25, -0.2) is 4.79 Å². The van der Waals surface area contributed by atoms with Gasteiger partial charge in [-0.1, -0.05) is 81.0 Å². The topological polar surface area (TPSA) is 38.8 Å². The van der Waals surface area contributed by atoms with Gasteiger partial charge in [0.05, 0.1) is 25.3 Å². The first-order valence-corrected chi connectivity index (χ1v) is 11.8. The molecule has 0 saturated carbocycles. The normalized spacial score (nSPS) is 22.2. The van der Waals surface area contributed by atoms with Crippen LogP contribution in [0.15, 0.2) is 60.2 Å². The van der Waals surface area contributed by atoms with Gasteiger partial charge >= 0.3 is 6.09 Å². The van der Waals surface area contributed by atoms with E-state index in [-0.39, 0.29) is 24.1 Å². The lowest BCUT2D eigenvalue weighted by Gasteiger charge is -2.44. The Morgan fingerprint density at radius 1 is 1.03 bits per heavy atom. The maximum Gasteiger partial charge on any atom is 0.410 e. The van der Waals surface area contributed by atoms with E-state index in [0.717, 1.165) is 19.3 Å². The molecule has 4 heteroatoms. The van der Waals surface area contributed by atoms with E-state index >= 15 is 0 Å². The highest BCUT2D eigenvalue weighted by atomic mass is 16.6. The summed E-state index contributed by atoms with van der Waals surface area (Å²) in [4.78, 5) is 15.2. The van der Waals surface area contributed by atoms with Gasteiger partial charge < -0.3 is 9.47 Å². The van der Waals surface area contributed by atoms with E-state index in [4.69, 9.17) is 9.47 Å². The third kappa shape index (κ3) is 4.09. The molecule has 2 bridgehead atoms. The third-order valence-corrected chi connectivity index (χ3v) is 7.02. The molecule has 1 fully saturated rings. The van der Waals surface area contributed by atoms with Gasteiger partial charge in [-0.15, -0.1) is 0 Å². The predicted octanol–water partition coefficient (Wildman–Crippen LogP) is 6.16. The van der Waals surface area contributed by atoms with Crippen molar-refractivity contribution in [3.05, 3.63) is 71.3 Å². The second kappa shape index (κ2) is 8.40. The van der Waals surface area contributed by atoms with Crippen molar-refractivity contribution in [2.24, 2.45) is 5.41 Å². The number of fused-ring (bicyclic) bond motifs is 5. The third-order valence-electron chi connectivity index (χ3n) is 7.02. The predicted molar refractivity (Wildman–Crippen MR) is 127 cm³/mol. The average Bonchev–Trinajstić information content (AvgIpc) is 3.09. The fourth-order valence-electron chi connectivity index (χ4n) is 5.36. The monoisotopic (exact) mass is 431 g/mol. The Kier molecular flexibility index (Phi) is 5.58. The lowest BCUT2D eigenvalue weighted by Crippen LogP contribution is -2.56. The van der Waals surface area contributed by atoms with E-state index in [9.17, 15) is 4.79 Å². The van der Waals surface area contributed by atoms with Gasteiger partial charge in [0.2, 0.25) is 0 Å². The van der Waals surface area contributed by atoms with E-state index in [1.54, 1.807) is 0 Å². The molecule has 2 heterocycles. The summed E-state index contributed by atoms with van der Waals surface area (Å²) in [6.07, 6.45) is 5.18. The first kappa shape index (κ1) is 21.3. The molecule has 2 aromatic rings. The summed E-state index contributed by atoms with van der Waals surface area (Å²) in [5.41, 5.74) is 6.76.